The van der Waals surface area contributed by atoms with Gasteiger partial charge in [0.1, 0.15) is 11.4 Å². The number of halogens is 1. The van der Waals surface area contributed by atoms with Crippen molar-refractivity contribution in [3.8, 4) is 5.88 Å². The lowest BCUT2D eigenvalue weighted by atomic mass is 9.73. The van der Waals surface area contributed by atoms with E-state index in [4.69, 9.17) is 4.74 Å². The number of benzene rings is 1. The van der Waals surface area contributed by atoms with Crippen molar-refractivity contribution in [3.05, 3.63) is 58.5 Å². The number of amides is 1. The Balaban J connectivity index is 1.50. The van der Waals surface area contributed by atoms with E-state index in [1.54, 1.807) is 13.0 Å². The summed E-state index contributed by atoms with van der Waals surface area (Å²) < 4.78 is 20.5. The van der Waals surface area contributed by atoms with Crippen molar-refractivity contribution < 1.29 is 19.0 Å². The largest absolute Gasteiger partial charge is 0.471 e. The van der Waals surface area contributed by atoms with Crippen LogP contribution in [0.4, 0.5) is 4.39 Å². The van der Waals surface area contributed by atoms with E-state index in [-0.39, 0.29) is 35.3 Å². The number of carbonyl (C=O) groups is 1. The van der Waals surface area contributed by atoms with Gasteiger partial charge in [-0.05, 0) is 73.3 Å². The number of nitrogens with zero attached hydrogens (tertiary/aromatic N) is 1. The van der Waals surface area contributed by atoms with Crippen molar-refractivity contribution in [2.24, 2.45) is 5.41 Å². The summed E-state index contributed by atoms with van der Waals surface area (Å²) in [6.45, 7) is 10.1. The molecule has 2 aliphatic rings. The highest BCUT2D eigenvalue weighted by Gasteiger charge is 2.46. The van der Waals surface area contributed by atoms with Crippen molar-refractivity contribution in [2.45, 2.75) is 96.9 Å². The first-order chi connectivity index (χ1) is 16.9. The first-order valence-corrected chi connectivity index (χ1v) is 13.0. The maximum absolute atomic E-state index is 14.1. The Morgan fingerprint density at radius 3 is 2.64 bits per heavy atom. The monoisotopic (exact) mass is 497 g/mol. The minimum absolute atomic E-state index is 0.00841. The summed E-state index contributed by atoms with van der Waals surface area (Å²) in [5.74, 6) is 0.163. The molecule has 2 heterocycles. The summed E-state index contributed by atoms with van der Waals surface area (Å²) in [7, 11) is 0. The number of nitrogens with one attached hydrogen (secondary N) is 2. The second kappa shape index (κ2) is 10.5. The van der Waals surface area contributed by atoms with Gasteiger partial charge in [0, 0.05) is 37.7 Å². The molecule has 0 saturated heterocycles. The molecular formula is C29H40FN3O3. The van der Waals surface area contributed by atoms with Gasteiger partial charge in [-0.1, -0.05) is 32.9 Å². The maximum Gasteiger partial charge on any atom is 0.218 e. The van der Waals surface area contributed by atoms with Crippen LogP contribution in [0.25, 0.3) is 0 Å². The number of pyridine rings is 1. The Kier molecular flexibility index (Phi) is 7.72. The van der Waals surface area contributed by atoms with Crippen LogP contribution < -0.4 is 15.4 Å². The van der Waals surface area contributed by atoms with E-state index in [0.717, 1.165) is 43.2 Å². The molecule has 196 valence electrons. The van der Waals surface area contributed by atoms with Crippen molar-refractivity contribution in [1.82, 2.24) is 15.6 Å². The Labute approximate surface area is 214 Å². The molecule has 1 spiro atoms. The zero-order valence-electron chi connectivity index (χ0n) is 22.2. The highest BCUT2D eigenvalue weighted by atomic mass is 19.1. The Morgan fingerprint density at radius 1 is 1.28 bits per heavy atom. The quantitative estimate of drug-likeness (QED) is 0.498. The van der Waals surface area contributed by atoms with E-state index < -0.39 is 12.1 Å². The molecule has 7 heteroatoms. The summed E-state index contributed by atoms with van der Waals surface area (Å²) >= 11 is 0. The minimum atomic E-state index is -0.854. The molecule has 3 N–H and O–H groups in total. The molecular weight excluding hydrogens is 457 g/mol. The fourth-order valence-corrected chi connectivity index (χ4v) is 5.31. The number of hydrogen-bond acceptors (Lipinski definition) is 5. The average Bonchev–Trinajstić information content (AvgIpc) is 2.76. The molecule has 1 aliphatic heterocycles. The number of rotatable bonds is 8. The minimum Gasteiger partial charge on any atom is -0.471 e. The summed E-state index contributed by atoms with van der Waals surface area (Å²) in [5, 5.41) is 17.5. The average molecular weight is 498 g/mol. The Bertz CT molecular complexity index is 1090. The fraction of sp³-hybridized carbons (Fsp3) is 0.586. The topological polar surface area (TPSA) is 83.5 Å². The van der Waals surface area contributed by atoms with Gasteiger partial charge in [0.25, 0.3) is 0 Å². The second-order valence-corrected chi connectivity index (χ2v) is 11.9. The van der Waals surface area contributed by atoms with Gasteiger partial charge in [0.05, 0.1) is 12.1 Å². The summed E-state index contributed by atoms with van der Waals surface area (Å²) in [4.78, 5) is 16.6. The first kappa shape index (κ1) is 26.6. The number of aromatic nitrogens is 1. The number of fused-ring (bicyclic) bond motifs is 1. The van der Waals surface area contributed by atoms with Crippen LogP contribution >= 0.6 is 0 Å². The third kappa shape index (κ3) is 6.43. The maximum atomic E-state index is 14.1. The lowest BCUT2D eigenvalue weighted by Crippen LogP contribution is -2.52. The SMILES string of the molecule is CC(=O)N[C@@H](Cc1ccc(C)c(F)c1)[C@@H](O)CN[C@H]1CC2(CCC2)Oc2ncc(CC(C)(C)C)cc21. The summed E-state index contributed by atoms with van der Waals surface area (Å²) in [6.07, 6.45) is 6.29. The molecule has 2 aromatic rings. The van der Waals surface area contributed by atoms with E-state index in [1.807, 2.05) is 12.3 Å². The molecule has 1 saturated carbocycles. The lowest BCUT2D eigenvalue weighted by molar-refractivity contribution is -0.120. The van der Waals surface area contributed by atoms with E-state index in [1.165, 1.54) is 18.6 Å². The van der Waals surface area contributed by atoms with Crippen LogP contribution in [0, 0.1) is 18.2 Å². The predicted molar refractivity (Wildman–Crippen MR) is 138 cm³/mol. The van der Waals surface area contributed by atoms with Gasteiger partial charge in [0.2, 0.25) is 11.8 Å². The molecule has 0 unspecified atom stereocenters. The zero-order valence-corrected chi connectivity index (χ0v) is 22.2. The van der Waals surface area contributed by atoms with Gasteiger partial charge < -0.3 is 20.5 Å². The van der Waals surface area contributed by atoms with Gasteiger partial charge >= 0.3 is 0 Å². The molecule has 0 bridgehead atoms. The fourth-order valence-electron chi connectivity index (χ4n) is 5.31. The third-order valence-corrected chi connectivity index (χ3v) is 7.32. The zero-order chi connectivity index (χ0) is 26.1. The number of aryl methyl sites for hydroxylation is 1. The molecule has 6 nitrogen and oxygen atoms in total. The third-order valence-electron chi connectivity index (χ3n) is 7.32. The van der Waals surface area contributed by atoms with Crippen LogP contribution in [0.15, 0.2) is 30.5 Å². The number of carbonyl (C=O) groups excluding carboxylic acids is 1. The molecule has 1 amide bonds. The number of ether oxygens (including phenoxy) is 1. The molecule has 1 fully saturated rings. The molecule has 1 aromatic heterocycles. The molecule has 1 aromatic carbocycles. The number of aliphatic hydroxyl groups excluding tert-OH is 1. The highest BCUT2D eigenvalue weighted by Crippen LogP contribution is 2.48. The predicted octanol–water partition coefficient (Wildman–Crippen LogP) is 4.56. The van der Waals surface area contributed by atoms with Gasteiger partial charge in [-0.15, -0.1) is 0 Å². The van der Waals surface area contributed by atoms with Gasteiger partial charge in [-0.25, -0.2) is 9.37 Å². The normalized spacial score (nSPS) is 20.1. The van der Waals surface area contributed by atoms with Crippen molar-refractivity contribution in [1.29, 1.82) is 0 Å². The Morgan fingerprint density at radius 2 is 2.03 bits per heavy atom. The van der Waals surface area contributed by atoms with Crippen molar-refractivity contribution >= 4 is 5.91 Å². The molecule has 1 aliphatic carbocycles. The molecule has 4 rings (SSSR count). The Hall–Kier alpha value is -2.51. The number of hydrogen-bond donors (Lipinski definition) is 3. The van der Waals surface area contributed by atoms with Gasteiger partial charge in [-0.2, -0.15) is 0 Å². The van der Waals surface area contributed by atoms with Crippen LogP contribution in [0.1, 0.15) is 81.7 Å². The smallest absolute Gasteiger partial charge is 0.218 e. The standard InChI is InChI=1S/C29H40FN3O3/c1-18-7-8-20(12-23(18)30)13-24(33-19(2)34)26(35)17-31-25-15-29(9-6-10-29)36-27-22(25)11-21(16-32-27)14-28(3,4)5/h7-8,11-12,16,24-26,31,35H,6,9-10,13-15,17H2,1-5H3,(H,33,34)/t24-,25-,26-/m0/s1. The molecule has 3 atom stereocenters. The second-order valence-electron chi connectivity index (χ2n) is 11.9. The van der Waals surface area contributed by atoms with Crippen LogP contribution in [-0.4, -0.2) is 40.3 Å². The van der Waals surface area contributed by atoms with Crippen molar-refractivity contribution in [3.63, 3.8) is 0 Å². The van der Waals surface area contributed by atoms with E-state index >= 15 is 0 Å². The van der Waals surface area contributed by atoms with Crippen molar-refractivity contribution in [2.75, 3.05) is 6.54 Å². The summed E-state index contributed by atoms with van der Waals surface area (Å²) in [6, 6.07) is 6.67. The highest BCUT2D eigenvalue weighted by molar-refractivity contribution is 5.73. The van der Waals surface area contributed by atoms with Gasteiger partial charge in [-0.3, -0.25) is 4.79 Å². The molecule has 36 heavy (non-hydrogen) atoms. The lowest BCUT2D eigenvalue weighted by Gasteiger charge is -2.47. The van der Waals surface area contributed by atoms with Crippen LogP contribution in [-0.2, 0) is 17.6 Å². The van der Waals surface area contributed by atoms with E-state index in [9.17, 15) is 14.3 Å². The van der Waals surface area contributed by atoms with E-state index in [2.05, 4.69) is 42.5 Å². The van der Waals surface area contributed by atoms with Crippen LogP contribution in [0.3, 0.4) is 0 Å². The van der Waals surface area contributed by atoms with Gasteiger partial charge in [0.15, 0.2) is 0 Å². The van der Waals surface area contributed by atoms with Crippen LogP contribution in [0.2, 0.25) is 0 Å². The summed E-state index contributed by atoms with van der Waals surface area (Å²) in [5.41, 5.74) is 3.44. The number of aliphatic hydroxyl groups is 1. The first-order valence-electron chi connectivity index (χ1n) is 13.0. The van der Waals surface area contributed by atoms with E-state index in [0.29, 0.717) is 17.9 Å². The van der Waals surface area contributed by atoms with Crippen LogP contribution in [0.5, 0.6) is 5.88 Å². The molecule has 0 radical (unpaired) electrons.